The summed E-state index contributed by atoms with van der Waals surface area (Å²) >= 11 is 0. The Balaban J connectivity index is 1.42. The fraction of sp³-hybridized carbons (Fsp3) is 0.474. The molecule has 29 heavy (non-hydrogen) atoms. The number of nitrogens with one attached hydrogen (secondary N) is 1. The van der Waals surface area contributed by atoms with Gasteiger partial charge in [0.1, 0.15) is 18.1 Å². The maximum Gasteiger partial charge on any atom is 0.325 e. The van der Waals surface area contributed by atoms with E-state index < -0.39 is 5.97 Å². The standard InChI is InChI=1S/C19H23FN4O5/c1-2-27-17(25)11-21-19(26)24-9-7-13(12-24)18-22-16(23-29-18)8-10-28-15-5-3-14(20)4-6-15/h3-6,13H,2,7-12H2,1H3,(H,21,26). The second-order valence-corrected chi connectivity index (χ2v) is 6.50. The van der Waals surface area contributed by atoms with Crippen LogP contribution < -0.4 is 10.1 Å². The first-order valence-corrected chi connectivity index (χ1v) is 9.44. The summed E-state index contributed by atoms with van der Waals surface area (Å²) in [6.45, 7) is 3.12. The SMILES string of the molecule is CCOC(=O)CNC(=O)N1CCC(c2nc(CCOc3ccc(F)cc3)no2)C1. The van der Waals surface area contributed by atoms with Crippen molar-refractivity contribution in [3.8, 4) is 5.75 Å². The third kappa shape index (κ3) is 5.90. The molecular weight excluding hydrogens is 383 g/mol. The monoisotopic (exact) mass is 406 g/mol. The molecule has 156 valence electrons. The average Bonchev–Trinajstić information content (AvgIpc) is 3.37. The van der Waals surface area contributed by atoms with E-state index in [2.05, 4.69) is 15.5 Å². The van der Waals surface area contributed by atoms with Crippen molar-refractivity contribution in [3.05, 3.63) is 41.8 Å². The summed E-state index contributed by atoms with van der Waals surface area (Å²) in [6, 6.07) is 5.44. The van der Waals surface area contributed by atoms with Gasteiger partial charge in [0, 0.05) is 19.5 Å². The molecule has 1 aliphatic heterocycles. The largest absolute Gasteiger partial charge is 0.493 e. The van der Waals surface area contributed by atoms with Crippen LogP contribution >= 0.6 is 0 Å². The zero-order valence-corrected chi connectivity index (χ0v) is 16.1. The quantitative estimate of drug-likeness (QED) is 0.667. The van der Waals surface area contributed by atoms with Crippen molar-refractivity contribution in [2.24, 2.45) is 0 Å². The Kier molecular flexibility index (Phi) is 6.99. The van der Waals surface area contributed by atoms with Crippen molar-refractivity contribution in [2.45, 2.75) is 25.7 Å². The highest BCUT2D eigenvalue weighted by atomic mass is 19.1. The highest BCUT2D eigenvalue weighted by molar-refractivity contribution is 5.81. The molecule has 1 saturated heterocycles. The molecule has 1 unspecified atom stereocenters. The molecule has 1 fully saturated rings. The number of aromatic nitrogens is 2. The van der Waals surface area contributed by atoms with Crippen molar-refractivity contribution >= 4 is 12.0 Å². The first-order chi connectivity index (χ1) is 14.0. The number of halogens is 1. The molecule has 1 N–H and O–H groups in total. The van der Waals surface area contributed by atoms with Crippen molar-refractivity contribution in [2.75, 3.05) is 32.8 Å². The lowest BCUT2D eigenvalue weighted by atomic mass is 10.1. The number of nitrogens with zero attached hydrogens (tertiary/aromatic N) is 3. The fourth-order valence-corrected chi connectivity index (χ4v) is 2.94. The molecule has 9 nitrogen and oxygen atoms in total. The third-order valence-electron chi connectivity index (χ3n) is 4.41. The van der Waals surface area contributed by atoms with Gasteiger partial charge in [-0.25, -0.2) is 9.18 Å². The summed E-state index contributed by atoms with van der Waals surface area (Å²) in [5.74, 6) is 0.703. The molecule has 0 saturated carbocycles. The summed E-state index contributed by atoms with van der Waals surface area (Å²) in [5.41, 5.74) is 0. The van der Waals surface area contributed by atoms with Gasteiger partial charge in [-0.3, -0.25) is 4.79 Å². The molecule has 10 heteroatoms. The van der Waals surface area contributed by atoms with E-state index in [1.54, 1.807) is 24.0 Å². The van der Waals surface area contributed by atoms with E-state index in [4.69, 9.17) is 14.0 Å². The number of esters is 1. The van der Waals surface area contributed by atoms with Crippen LogP contribution in [0.4, 0.5) is 9.18 Å². The molecular formula is C19H23FN4O5. The van der Waals surface area contributed by atoms with Gasteiger partial charge in [-0.05, 0) is 37.6 Å². The van der Waals surface area contributed by atoms with Gasteiger partial charge in [0.15, 0.2) is 5.82 Å². The molecule has 2 aromatic rings. The number of hydrogen-bond acceptors (Lipinski definition) is 7. The minimum atomic E-state index is -0.471. The van der Waals surface area contributed by atoms with Crippen molar-refractivity contribution < 1.29 is 28.0 Å². The summed E-state index contributed by atoms with van der Waals surface area (Å²) < 4.78 is 28.5. The summed E-state index contributed by atoms with van der Waals surface area (Å²) in [7, 11) is 0. The predicted molar refractivity (Wildman–Crippen MR) is 98.9 cm³/mol. The maximum atomic E-state index is 12.9. The molecule has 1 aliphatic rings. The number of carbonyl (C=O) groups excluding carboxylic acids is 2. The highest BCUT2D eigenvalue weighted by Gasteiger charge is 2.31. The summed E-state index contributed by atoms with van der Waals surface area (Å²) in [4.78, 5) is 29.4. The maximum absolute atomic E-state index is 12.9. The van der Waals surface area contributed by atoms with Crippen LogP contribution in [-0.2, 0) is 16.0 Å². The van der Waals surface area contributed by atoms with Gasteiger partial charge < -0.3 is 24.2 Å². The van der Waals surface area contributed by atoms with Crippen molar-refractivity contribution in [3.63, 3.8) is 0 Å². The van der Waals surface area contributed by atoms with Crippen LogP contribution in [0.5, 0.6) is 5.75 Å². The second kappa shape index (κ2) is 9.85. The minimum absolute atomic E-state index is 0.0531. The molecule has 1 aromatic carbocycles. The first kappa shape index (κ1) is 20.6. The Labute approximate surface area is 167 Å². The van der Waals surface area contributed by atoms with Gasteiger partial charge in [-0.1, -0.05) is 5.16 Å². The van der Waals surface area contributed by atoms with E-state index in [9.17, 15) is 14.0 Å². The van der Waals surface area contributed by atoms with Crippen LogP contribution in [-0.4, -0.2) is 59.9 Å². The molecule has 0 radical (unpaired) electrons. The number of ether oxygens (including phenoxy) is 2. The number of likely N-dealkylation sites (tertiary alicyclic amines) is 1. The molecule has 0 aliphatic carbocycles. The Morgan fingerprint density at radius 2 is 2.14 bits per heavy atom. The van der Waals surface area contributed by atoms with Crippen LogP contribution in [0.3, 0.4) is 0 Å². The lowest BCUT2D eigenvalue weighted by Gasteiger charge is -2.16. The first-order valence-electron chi connectivity index (χ1n) is 9.44. The second-order valence-electron chi connectivity index (χ2n) is 6.50. The number of urea groups is 1. The molecule has 0 spiro atoms. The minimum Gasteiger partial charge on any atom is -0.493 e. The lowest BCUT2D eigenvalue weighted by Crippen LogP contribution is -2.41. The van der Waals surface area contributed by atoms with E-state index in [0.29, 0.717) is 50.0 Å². The van der Waals surface area contributed by atoms with E-state index in [1.807, 2.05) is 0 Å². The number of amides is 2. The van der Waals surface area contributed by atoms with E-state index in [0.717, 1.165) is 0 Å². The predicted octanol–water partition coefficient (Wildman–Crippen LogP) is 1.89. The molecule has 0 bridgehead atoms. The van der Waals surface area contributed by atoms with E-state index >= 15 is 0 Å². The summed E-state index contributed by atoms with van der Waals surface area (Å²) in [6.07, 6.45) is 1.14. The molecule has 1 atom stereocenters. The number of benzene rings is 1. The Bertz CT molecular complexity index is 826. The van der Waals surface area contributed by atoms with Gasteiger partial charge in [-0.2, -0.15) is 4.98 Å². The number of hydrogen-bond donors (Lipinski definition) is 1. The van der Waals surface area contributed by atoms with Gasteiger partial charge in [0.25, 0.3) is 0 Å². The summed E-state index contributed by atoms with van der Waals surface area (Å²) in [5, 5.41) is 6.49. The lowest BCUT2D eigenvalue weighted by molar-refractivity contribution is -0.141. The third-order valence-corrected chi connectivity index (χ3v) is 4.41. The van der Waals surface area contributed by atoms with Gasteiger partial charge in [0.2, 0.25) is 5.89 Å². The topological polar surface area (TPSA) is 107 Å². The average molecular weight is 406 g/mol. The zero-order valence-electron chi connectivity index (χ0n) is 16.1. The van der Waals surface area contributed by atoms with Gasteiger partial charge in [0.05, 0.1) is 19.1 Å². The smallest absolute Gasteiger partial charge is 0.325 e. The number of carbonyl (C=O) groups is 2. The Hall–Kier alpha value is -3.17. The highest BCUT2D eigenvalue weighted by Crippen LogP contribution is 2.26. The molecule has 2 amide bonds. The van der Waals surface area contributed by atoms with Crippen LogP contribution in [0, 0.1) is 5.82 Å². The van der Waals surface area contributed by atoms with Crippen molar-refractivity contribution in [1.29, 1.82) is 0 Å². The van der Waals surface area contributed by atoms with Crippen molar-refractivity contribution in [1.82, 2.24) is 20.4 Å². The fourth-order valence-electron chi connectivity index (χ4n) is 2.94. The Morgan fingerprint density at radius 1 is 1.34 bits per heavy atom. The zero-order chi connectivity index (χ0) is 20.6. The van der Waals surface area contributed by atoms with E-state index in [-0.39, 0.29) is 30.9 Å². The number of rotatable bonds is 8. The van der Waals surface area contributed by atoms with E-state index in [1.165, 1.54) is 12.1 Å². The van der Waals surface area contributed by atoms with Gasteiger partial charge >= 0.3 is 12.0 Å². The van der Waals surface area contributed by atoms with Crippen LogP contribution in [0.15, 0.2) is 28.8 Å². The van der Waals surface area contributed by atoms with Crippen LogP contribution in [0.1, 0.15) is 31.0 Å². The molecule has 1 aromatic heterocycles. The van der Waals surface area contributed by atoms with Gasteiger partial charge in [-0.15, -0.1) is 0 Å². The van der Waals surface area contributed by atoms with Crippen LogP contribution in [0.25, 0.3) is 0 Å². The molecule has 2 heterocycles. The van der Waals surface area contributed by atoms with Crippen LogP contribution in [0.2, 0.25) is 0 Å². The normalized spacial score (nSPS) is 15.9. The molecule has 3 rings (SSSR count). The Morgan fingerprint density at radius 3 is 2.90 bits per heavy atom.